The van der Waals surface area contributed by atoms with Crippen LogP contribution in [0.4, 0.5) is 0 Å². The fourth-order valence-corrected chi connectivity index (χ4v) is 1.68. The minimum atomic E-state index is -0.167. The van der Waals surface area contributed by atoms with Gasteiger partial charge >= 0.3 is 5.97 Å². The lowest BCUT2D eigenvalue weighted by molar-refractivity contribution is -0.143. The number of rotatable bonds is 7. The first-order valence-electron chi connectivity index (χ1n) is 6.20. The second-order valence-corrected chi connectivity index (χ2v) is 3.92. The molecule has 0 amide bonds. The third-order valence-electron chi connectivity index (χ3n) is 2.58. The summed E-state index contributed by atoms with van der Waals surface area (Å²) >= 11 is 0. The van der Waals surface area contributed by atoms with Gasteiger partial charge in [-0.05, 0) is 31.7 Å². The molecule has 0 saturated carbocycles. The highest BCUT2D eigenvalue weighted by Gasteiger charge is 2.05. The molecule has 0 aliphatic carbocycles. The summed E-state index contributed by atoms with van der Waals surface area (Å²) in [5, 5.41) is 12.3. The molecule has 1 aromatic rings. The molecular weight excluding hydrogens is 230 g/mol. The van der Waals surface area contributed by atoms with Crippen molar-refractivity contribution in [2.24, 2.45) is 5.16 Å². The van der Waals surface area contributed by atoms with E-state index in [-0.39, 0.29) is 5.97 Å². The highest BCUT2D eigenvalue weighted by atomic mass is 16.5. The van der Waals surface area contributed by atoms with Gasteiger partial charge in [0.15, 0.2) is 0 Å². The molecule has 98 valence electrons. The number of carbonyl (C=O) groups is 1. The summed E-state index contributed by atoms with van der Waals surface area (Å²) in [6.45, 7) is 2.22. The van der Waals surface area contributed by atoms with Crippen LogP contribution in [-0.4, -0.2) is 23.5 Å². The van der Waals surface area contributed by atoms with Gasteiger partial charge in [-0.1, -0.05) is 35.5 Å². The summed E-state index contributed by atoms with van der Waals surface area (Å²) < 4.78 is 4.84. The van der Waals surface area contributed by atoms with Gasteiger partial charge in [-0.3, -0.25) is 4.79 Å². The van der Waals surface area contributed by atoms with E-state index < -0.39 is 0 Å². The highest BCUT2D eigenvalue weighted by Crippen LogP contribution is 2.09. The zero-order valence-electron chi connectivity index (χ0n) is 10.6. The lowest BCUT2D eigenvalue weighted by Crippen LogP contribution is -2.05. The van der Waals surface area contributed by atoms with Crippen LogP contribution in [0.5, 0.6) is 0 Å². The van der Waals surface area contributed by atoms with E-state index in [0.717, 1.165) is 18.4 Å². The average Bonchev–Trinajstić information content (AvgIpc) is 2.40. The van der Waals surface area contributed by atoms with Crippen molar-refractivity contribution in [2.75, 3.05) is 6.61 Å². The maximum atomic E-state index is 11.1. The van der Waals surface area contributed by atoms with Gasteiger partial charge in [0, 0.05) is 6.42 Å². The number of ether oxygens (including phenoxy) is 1. The van der Waals surface area contributed by atoms with Crippen molar-refractivity contribution in [1.82, 2.24) is 0 Å². The third-order valence-corrected chi connectivity index (χ3v) is 2.58. The molecule has 0 aromatic heterocycles. The Bertz CT molecular complexity index is 387. The molecule has 1 rings (SSSR count). The lowest BCUT2D eigenvalue weighted by Gasteiger charge is -2.04. The minimum absolute atomic E-state index is 0.167. The molecule has 0 aliphatic heterocycles. The normalized spacial score (nSPS) is 11.3. The molecule has 4 heteroatoms. The topological polar surface area (TPSA) is 58.9 Å². The van der Waals surface area contributed by atoms with Crippen LogP contribution in [0.1, 0.15) is 38.2 Å². The first-order chi connectivity index (χ1) is 8.77. The van der Waals surface area contributed by atoms with Crippen LogP contribution in [0.3, 0.4) is 0 Å². The number of carbonyl (C=O) groups excluding carboxylic acids is 1. The second kappa shape index (κ2) is 8.28. The number of unbranched alkanes of at least 4 members (excludes halogenated alkanes) is 1. The van der Waals surface area contributed by atoms with Crippen LogP contribution < -0.4 is 0 Å². The van der Waals surface area contributed by atoms with E-state index in [1.807, 2.05) is 30.3 Å². The maximum absolute atomic E-state index is 11.1. The van der Waals surface area contributed by atoms with Crippen LogP contribution in [0.2, 0.25) is 0 Å². The zero-order valence-corrected chi connectivity index (χ0v) is 10.6. The molecule has 0 unspecified atom stereocenters. The Balaban J connectivity index is 2.32. The molecule has 0 saturated heterocycles. The van der Waals surface area contributed by atoms with Crippen molar-refractivity contribution in [1.29, 1.82) is 0 Å². The summed E-state index contributed by atoms with van der Waals surface area (Å²) in [4.78, 5) is 11.1. The lowest BCUT2D eigenvalue weighted by atomic mass is 10.0. The van der Waals surface area contributed by atoms with Gasteiger partial charge in [0.05, 0.1) is 12.3 Å². The van der Waals surface area contributed by atoms with Crippen molar-refractivity contribution in [3.63, 3.8) is 0 Å². The van der Waals surface area contributed by atoms with Gasteiger partial charge < -0.3 is 9.94 Å². The molecule has 0 fully saturated rings. The Morgan fingerprint density at radius 3 is 2.50 bits per heavy atom. The Labute approximate surface area is 107 Å². The molecule has 1 N–H and O–H groups in total. The monoisotopic (exact) mass is 249 g/mol. The summed E-state index contributed by atoms with van der Waals surface area (Å²) in [7, 11) is 0. The molecule has 0 heterocycles. The number of nitrogens with zero attached hydrogens (tertiary/aromatic N) is 1. The van der Waals surface area contributed by atoms with Crippen molar-refractivity contribution in [2.45, 2.75) is 32.6 Å². The summed E-state index contributed by atoms with van der Waals surface area (Å²) in [5.74, 6) is -0.167. The predicted octanol–water partition coefficient (Wildman–Crippen LogP) is 2.99. The molecule has 0 aliphatic rings. The summed E-state index contributed by atoms with van der Waals surface area (Å²) in [5.41, 5.74) is 1.57. The standard InChI is InChI=1S/C14H19NO3/c1-2-18-14(16)11-7-6-10-13(15-17)12-8-4-3-5-9-12/h3-5,8-9,17H,2,6-7,10-11H2,1H3/b15-13-. The second-order valence-electron chi connectivity index (χ2n) is 3.92. The minimum Gasteiger partial charge on any atom is -0.466 e. The quantitative estimate of drug-likeness (QED) is 0.266. The number of hydrogen-bond acceptors (Lipinski definition) is 4. The van der Waals surface area contributed by atoms with Gasteiger partial charge in [0.2, 0.25) is 0 Å². The molecular formula is C14H19NO3. The third kappa shape index (κ3) is 4.99. The zero-order chi connectivity index (χ0) is 13.2. The van der Waals surface area contributed by atoms with Crippen molar-refractivity contribution < 1.29 is 14.7 Å². The van der Waals surface area contributed by atoms with E-state index >= 15 is 0 Å². The summed E-state index contributed by atoms with van der Waals surface area (Å²) in [6.07, 6.45) is 2.61. The number of benzene rings is 1. The Kier molecular flexibility index (Phi) is 6.54. The Hall–Kier alpha value is -1.84. The molecule has 0 atom stereocenters. The first kappa shape index (κ1) is 14.2. The van der Waals surface area contributed by atoms with Crippen molar-refractivity contribution in [3.05, 3.63) is 35.9 Å². The molecule has 1 aromatic carbocycles. The average molecular weight is 249 g/mol. The Morgan fingerprint density at radius 1 is 1.22 bits per heavy atom. The SMILES string of the molecule is CCOC(=O)CCCC/C(=N/O)c1ccccc1. The van der Waals surface area contributed by atoms with Crippen molar-refractivity contribution in [3.8, 4) is 0 Å². The van der Waals surface area contributed by atoms with Crippen LogP contribution in [0, 0.1) is 0 Å². The van der Waals surface area contributed by atoms with Gasteiger partial charge in [-0.2, -0.15) is 0 Å². The summed E-state index contributed by atoms with van der Waals surface area (Å²) in [6, 6.07) is 9.53. The highest BCUT2D eigenvalue weighted by molar-refractivity contribution is 6.00. The fourth-order valence-electron chi connectivity index (χ4n) is 1.68. The van der Waals surface area contributed by atoms with Crippen LogP contribution in [-0.2, 0) is 9.53 Å². The van der Waals surface area contributed by atoms with E-state index in [1.165, 1.54) is 0 Å². The smallest absolute Gasteiger partial charge is 0.305 e. The number of esters is 1. The fraction of sp³-hybridized carbons (Fsp3) is 0.429. The number of oxime groups is 1. The van der Waals surface area contributed by atoms with E-state index in [9.17, 15) is 4.79 Å². The first-order valence-corrected chi connectivity index (χ1v) is 6.20. The molecule has 0 spiro atoms. The largest absolute Gasteiger partial charge is 0.466 e. The van der Waals surface area contributed by atoms with E-state index in [0.29, 0.717) is 25.2 Å². The van der Waals surface area contributed by atoms with Crippen LogP contribution in [0.15, 0.2) is 35.5 Å². The van der Waals surface area contributed by atoms with E-state index in [2.05, 4.69) is 5.16 Å². The van der Waals surface area contributed by atoms with E-state index in [4.69, 9.17) is 9.94 Å². The van der Waals surface area contributed by atoms with Gasteiger partial charge in [0.1, 0.15) is 0 Å². The van der Waals surface area contributed by atoms with E-state index in [1.54, 1.807) is 6.92 Å². The number of hydrogen-bond donors (Lipinski definition) is 1. The van der Waals surface area contributed by atoms with Gasteiger partial charge in [0.25, 0.3) is 0 Å². The molecule has 18 heavy (non-hydrogen) atoms. The van der Waals surface area contributed by atoms with Gasteiger partial charge in [-0.15, -0.1) is 0 Å². The van der Waals surface area contributed by atoms with Crippen molar-refractivity contribution >= 4 is 11.7 Å². The molecule has 0 radical (unpaired) electrons. The van der Waals surface area contributed by atoms with Gasteiger partial charge in [-0.25, -0.2) is 0 Å². The predicted molar refractivity (Wildman–Crippen MR) is 69.9 cm³/mol. The Morgan fingerprint density at radius 2 is 1.89 bits per heavy atom. The molecule has 0 bridgehead atoms. The van der Waals surface area contributed by atoms with Crippen LogP contribution >= 0.6 is 0 Å². The van der Waals surface area contributed by atoms with Crippen LogP contribution in [0.25, 0.3) is 0 Å². The maximum Gasteiger partial charge on any atom is 0.305 e. The molecule has 4 nitrogen and oxygen atoms in total.